The third-order valence-corrected chi connectivity index (χ3v) is 1.52. The molecule has 1 aliphatic rings. The summed E-state index contributed by atoms with van der Waals surface area (Å²) in [6, 6.07) is 0. The third kappa shape index (κ3) is 1.92. The van der Waals surface area contributed by atoms with Crippen molar-refractivity contribution in [1.82, 2.24) is 0 Å². The second-order valence-electron chi connectivity index (χ2n) is 2.39. The molecular weight excluding hydrogens is 112 g/mol. The van der Waals surface area contributed by atoms with Crippen LogP contribution in [0.1, 0.15) is 19.3 Å². The van der Waals surface area contributed by atoms with E-state index in [-0.39, 0.29) is 0 Å². The Kier molecular flexibility index (Phi) is 1.93. The highest BCUT2D eigenvalue weighted by Crippen LogP contribution is 2.17. The predicted molar refractivity (Wildman–Crippen MR) is 38.1 cm³/mol. The normalized spacial score (nSPS) is 20.9. The molecule has 1 aliphatic heterocycles. The van der Waals surface area contributed by atoms with E-state index in [9.17, 15) is 0 Å². The minimum atomic E-state index is 0.775. The Hall–Kier alpha value is -0.720. The molecule has 1 rings (SSSR count). The largest absolute Gasteiger partial charge is 0.498 e. The Balaban J connectivity index is 2.43. The van der Waals surface area contributed by atoms with Gasteiger partial charge in [-0.1, -0.05) is 18.7 Å². The van der Waals surface area contributed by atoms with Gasteiger partial charge in [0, 0.05) is 12.8 Å². The summed E-state index contributed by atoms with van der Waals surface area (Å²) in [5.41, 5.74) is 1.29. The Morgan fingerprint density at radius 3 is 2.67 bits per heavy atom. The van der Waals surface area contributed by atoms with Crippen molar-refractivity contribution in [2.24, 2.45) is 0 Å². The zero-order chi connectivity index (χ0) is 6.69. The summed E-state index contributed by atoms with van der Waals surface area (Å²) < 4.78 is 5.22. The average molecular weight is 124 g/mol. The molecule has 1 nitrogen and oxygen atoms in total. The van der Waals surface area contributed by atoms with Crippen LogP contribution in [-0.2, 0) is 4.74 Å². The molecule has 1 saturated heterocycles. The van der Waals surface area contributed by atoms with Gasteiger partial charge in [0.15, 0.2) is 0 Å². The summed E-state index contributed by atoms with van der Waals surface area (Å²) in [7, 11) is 0. The maximum atomic E-state index is 5.22. The van der Waals surface area contributed by atoms with Gasteiger partial charge in [0.1, 0.15) is 0 Å². The van der Waals surface area contributed by atoms with Crippen LogP contribution in [0, 0.1) is 0 Å². The van der Waals surface area contributed by atoms with E-state index in [1.54, 1.807) is 0 Å². The number of hydrogen-bond acceptors (Lipinski definition) is 1. The fourth-order valence-electron chi connectivity index (χ4n) is 0.853. The Labute approximate surface area is 56.0 Å². The fraction of sp³-hybridized carbons (Fsp3) is 0.500. The van der Waals surface area contributed by atoms with Gasteiger partial charge >= 0.3 is 0 Å². The molecule has 50 valence electrons. The van der Waals surface area contributed by atoms with E-state index in [0.717, 1.165) is 31.6 Å². The number of ether oxygens (including phenoxy) is 1. The molecule has 0 saturated carbocycles. The third-order valence-electron chi connectivity index (χ3n) is 1.52. The quantitative estimate of drug-likeness (QED) is 0.450. The molecule has 0 aromatic heterocycles. The van der Waals surface area contributed by atoms with Crippen molar-refractivity contribution in [3.63, 3.8) is 0 Å². The van der Waals surface area contributed by atoms with Crippen molar-refractivity contribution < 1.29 is 4.74 Å². The molecule has 9 heavy (non-hydrogen) atoms. The standard InChI is InChI=1S/C8H12O/c1-7-3-4-8(2)9-6-5-7/h1-6H2. The monoisotopic (exact) mass is 124 g/mol. The zero-order valence-electron chi connectivity index (χ0n) is 5.65. The summed E-state index contributed by atoms with van der Waals surface area (Å²) >= 11 is 0. The lowest BCUT2D eigenvalue weighted by atomic mass is 10.1. The molecule has 1 fully saturated rings. The molecule has 0 spiro atoms. The molecule has 0 aromatic carbocycles. The molecule has 0 aromatic rings. The van der Waals surface area contributed by atoms with E-state index in [1.807, 2.05) is 0 Å². The fourth-order valence-corrected chi connectivity index (χ4v) is 0.853. The summed E-state index contributed by atoms with van der Waals surface area (Å²) in [6.45, 7) is 8.41. The van der Waals surface area contributed by atoms with Crippen molar-refractivity contribution in [3.8, 4) is 0 Å². The first-order valence-corrected chi connectivity index (χ1v) is 3.26. The van der Waals surface area contributed by atoms with Crippen molar-refractivity contribution >= 4 is 0 Å². The summed E-state index contributed by atoms with van der Waals surface area (Å²) in [5.74, 6) is 0.911. The van der Waals surface area contributed by atoms with Crippen LogP contribution in [0.4, 0.5) is 0 Å². The highest BCUT2D eigenvalue weighted by molar-refractivity contribution is 5.00. The molecule has 0 aliphatic carbocycles. The lowest BCUT2D eigenvalue weighted by Gasteiger charge is -1.99. The second-order valence-corrected chi connectivity index (χ2v) is 2.39. The molecule has 0 atom stereocenters. The van der Waals surface area contributed by atoms with Crippen LogP contribution < -0.4 is 0 Å². The number of rotatable bonds is 0. The van der Waals surface area contributed by atoms with Gasteiger partial charge in [-0.15, -0.1) is 0 Å². The highest BCUT2D eigenvalue weighted by atomic mass is 16.5. The molecule has 1 heterocycles. The van der Waals surface area contributed by atoms with Crippen LogP contribution in [0.5, 0.6) is 0 Å². The molecule has 0 amide bonds. The lowest BCUT2D eigenvalue weighted by molar-refractivity contribution is 0.218. The zero-order valence-corrected chi connectivity index (χ0v) is 5.65. The van der Waals surface area contributed by atoms with E-state index in [1.165, 1.54) is 5.57 Å². The maximum absolute atomic E-state index is 5.22. The van der Waals surface area contributed by atoms with Crippen LogP contribution >= 0.6 is 0 Å². The first-order valence-electron chi connectivity index (χ1n) is 3.26. The maximum Gasteiger partial charge on any atom is 0.0914 e. The van der Waals surface area contributed by atoms with Crippen LogP contribution in [0.3, 0.4) is 0 Å². The summed E-state index contributed by atoms with van der Waals surface area (Å²) in [4.78, 5) is 0. The molecule has 1 heteroatoms. The number of allylic oxidation sites excluding steroid dienone is 1. The van der Waals surface area contributed by atoms with Gasteiger partial charge in [0.25, 0.3) is 0 Å². The van der Waals surface area contributed by atoms with Crippen molar-refractivity contribution in [3.05, 3.63) is 24.5 Å². The van der Waals surface area contributed by atoms with Gasteiger partial charge in [-0.05, 0) is 6.42 Å². The summed E-state index contributed by atoms with van der Waals surface area (Å²) in [6.07, 6.45) is 3.01. The second kappa shape index (κ2) is 2.72. The smallest absolute Gasteiger partial charge is 0.0914 e. The van der Waals surface area contributed by atoms with E-state index in [4.69, 9.17) is 4.74 Å². The van der Waals surface area contributed by atoms with E-state index >= 15 is 0 Å². The van der Waals surface area contributed by atoms with Gasteiger partial charge in [-0.3, -0.25) is 0 Å². The minimum Gasteiger partial charge on any atom is -0.498 e. The topological polar surface area (TPSA) is 9.23 Å². The Morgan fingerprint density at radius 1 is 1.11 bits per heavy atom. The average Bonchev–Trinajstić information content (AvgIpc) is 1.97. The van der Waals surface area contributed by atoms with E-state index in [0.29, 0.717) is 0 Å². The minimum absolute atomic E-state index is 0.775. The van der Waals surface area contributed by atoms with Crippen molar-refractivity contribution in [2.45, 2.75) is 19.3 Å². The van der Waals surface area contributed by atoms with Gasteiger partial charge in [-0.2, -0.15) is 0 Å². The van der Waals surface area contributed by atoms with Gasteiger partial charge in [0.05, 0.1) is 12.4 Å². The van der Waals surface area contributed by atoms with Crippen LogP contribution in [0.25, 0.3) is 0 Å². The van der Waals surface area contributed by atoms with E-state index in [2.05, 4.69) is 13.2 Å². The highest BCUT2D eigenvalue weighted by Gasteiger charge is 2.03. The van der Waals surface area contributed by atoms with Crippen LogP contribution in [0.2, 0.25) is 0 Å². The molecule has 0 unspecified atom stereocenters. The van der Waals surface area contributed by atoms with Gasteiger partial charge in [0.2, 0.25) is 0 Å². The first kappa shape index (κ1) is 6.40. The summed E-state index contributed by atoms with van der Waals surface area (Å²) in [5, 5.41) is 0. The Bertz CT molecular complexity index is 120. The predicted octanol–water partition coefficient (Wildman–Crippen LogP) is 2.26. The first-order chi connectivity index (χ1) is 4.29. The SMILES string of the molecule is C=C1CCOC(=C)CC1. The molecule has 0 radical (unpaired) electrons. The van der Waals surface area contributed by atoms with Crippen molar-refractivity contribution in [2.75, 3.05) is 6.61 Å². The van der Waals surface area contributed by atoms with Gasteiger partial charge in [-0.25, -0.2) is 0 Å². The van der Waals surface area contributed by atoms with Crippen LogP contribution in [-0.4, -0.2) is 6.61 Å². The molecule has 0 N–H and O–H groups in total. The van der Waals surface area contributed by atoms with Crippen molar-refractivity contribution in [1.29, 1.82) is 0 Å². The number of hydrogen-bond donors (Lipinski definition) is 0. The Morgan fingerprint density at radius 2 is 1.89 bits per heavy atom. The molecule has 0 bridgehead atoms. The van der Waals surface area contributed by atoms with Crippen LogP contribution in [0.15, 0.2) is 24.5 Å². The lowest BCUT2D eigenvalue weighted by Crippen LogP contribution is -1.87. The molecular formula is C8H12O. The van der Waals surface area contributed by atoms with Gasteiger partial charge < -0.3 is 4.74 Å². The van der Waals surface area contributed by atoms with E-state index < -0.39 is 0 Å².